The second kappa shape index (κ2) is 6.26. The first-order valence-corrected chi connectivity index (χ1v) is 8.47. The lowest BCUT2D eigenvalue weighted by Gasteiger charge is -2.15. The van der Waals surface area contributed by atoms with Crippen LogP contribution in [0.2, 0.25) is 0 Å². The Labute approximate surface area is 125 Å². The highest BCUT2D eigenvalue weighted by molar-refractivity contribution is 7.90. The van der Waals surface area contributed by atoms with Crippen molar-refractivity contribution in [1.29, 1.82) is 0 Å². The Kier molecular flexibility index (Phi) is 5.11. The Hall–Kier alpha value is -1.89. The van der Waals surface area contributed by atoms with Gasteiger partial charge in [-0.2, -0.15) is 4.99 Å². The smallest absolute Gasteiger partial charge is 0.280 e. The highest BCUT2D eigenvalue weighted by atomic mass is 32.2. The average Bonchev–Trinajstić information content (AvgIpc) is 2.34. The zero-order valence-electron chi connectivity index (χ0n) is 12.7. The Morgan fingerprint density at radius 3 is 2.24 bits per heavy atom. The number of hydrogen-bond donors (Lipinski definition) is 2. The molecule has 6 nitrogen and oxygen atoms in total. The molecule has 0 fully saturated rings. The summed E-state index contributed by atoms with van der Waals surface area (Å²) in [6.07, 6.45) is 1.69. The number of nitrogens with two attached hydrogens (primary N) is 2. The van der Waals surface area contributed by atoms with Gasteiger partial charge in [0, 0.05) is 11.8 Å². The van der Waals surface area contributed by atoms with E-state index in [1.54, 1.807) is 6.07 Å². The summed E-state index contributed by atoms with van der Waals surface area (Å²) in [5.41, 5.74) is 12.1. The molecule has 116 valence electrons. The van der Waals surface area contributed by atoms with E-state index in [-0.39, 0.29) is 22.3 Å². The normalized spacial score (nSPS) is 11.5. The minimum Gasteiger partial charge on any atom is -0.370 e. The minimum absolute atomic E-state index is 0.0206. The molecule has 0 saturated carbocycles. The van der Waals surface area contributed by atoms with E-state index in [9.17, 15) is 13.2 Å². The van der Waals surface area contributed by atoms with Crippen LogP contribution in [0.5, 0.6) is 0 Å². The maximum Gasteiger partial charge on any atom is 0.280 e. The maximum atomic E-state index is 12.1. The van der Waals surface area contributed by atoms with Gasteiger partial charge in [-0.1, -0.05) is 26.8 Å². The molecular formula is C14H21N3O3S. The van der Waals surface area contributed by atoms with Crippen LogP contribution in [0.1, 0.15) is 48.2 Å². The molecule has 0 aliphatic rings. The molecule has 0 aliphatic carbocycles. The zero-order valence-corrected chi connectivity index (χ0v) is 13.5. The van der Waals surface area contributed by atoms with Gasteiger partial charge in [0.25, 0.3) is 5.91 Å². The number of carbonyl (C=O) groups excluding carboxylic acids is 1. The Balaban J connectivity index is 3.67. The van der Waals surface area contributed by atoms with Gasteiger partial charge in [-0.05, 0) is 29.5 Å². The van der Waals surface area contributed by atoms with Gasteiger partial charge in [-0.25, -0.2) is 8.42 Å². The summed E-state index contributed by atoms with van der Waals surface area (Å²) in [6.45, 7) is 5.69. The lowest BCUT2D eigenvalue weighted by atomic mass is 9.95. The first-order valence-electron chi connectivity index (χ1n) is 6.58. The monoisotopic (exact) mass is 311 g/mol. The lowest BCUT2D eigenvalue weighted by molar-refractivity contribution is 0.100. The molecule has 0 radical (unpaired) electrons. The molecule has 0 aromatic heterocycles. The van der Waals surface area contributed by atoms with Crippen LogP contribution in [-0.4, -0.2) is 26.5 Å². The Morgan fingerprint density at radius 1 is 1.29 bits per heavy atom. The molecule has 0 atom stereocenters. The molecule has 4 N–H and O–H groups in total. The molecular weight excluding hydrogens is 290 g/mol. The van der Waals surface area contributed by atoms with Crippen molar-refractivity contribution in [2.24, 2.45) is 16.5 Å². The van der Waals surface area contributed by atoms with Crippen molar-refractivity contribution in [1.82, 2.24) is 0 Å². The second-order valence-electron chi connectivity index (χ2n) is 5.17. The first-order chi connectivity index (χ1) is 9.57. The number of aliphatic imine (C=N–C) groups is 1. The second-order valence-corrected chi connectivity index (χ2v) is 7.15. The topological polar surface area (TPSA) is 116 Å². The van der Waals surface area contributed by atoms with E-state index in [1.165, 1.54) is 6.07 Å². The molecule has 1 rings (SSSR count). The molecule has 21 heavy (non-hydrogen) atoms. The third-order valence-electron chi connectivity index (χ3n) is 3.10. The molecule has 0 unspecified atom stereocenters. The SMILES string of the molecule is CCc1cc(C(C)C)c(S(C)(=O)=O)cc1C(=O)N=C(N)N. The van der Waals surface area contributed by atoms with Crippen molar-refractivity contribution in [3.63, 3.8) is 0 Å². The number of benzene rings is 1. The van der Waals surface area contributed by atoms with Gasteiger partial charge in [0.2, 0.25) is 0 Å². The number of aryl methyl sites for hydroxylation is 1. The summed E-state index contributed by atoms with van der Waals surface area (Å²) in [7, 11) is -3.45. The van der Waals surface area contributed by atoms with Crippen LogP contribution in [-0.2, 0) is 16.3 Å². The first kappa shape index (κ1) is 17.2. The maximum absolute atomic E-state index is 12.1. The fourth-order valence-electron chi connectivity index (χ4n) is 2.09. The van der Waals surface area contributed by atoms with Crippen molar-refractivity contribution >= 4 is 21.7 Å². The number of carbonyl (C=O) groups is 1. The number of nitrogens with zero attached hydrogens (tertiary/aromatic N) is 1. The lowest BCUT2D eigenvalue weighted by Crippen LogP contribution is -2.24. The standard InChI is InChI=1S/C14H21N3O3S/c1-5-9-6-10(8(2)3)12(21(4,19)20)7-11(9)13(18)17-14(15)16/h6-8H,5H2,1-4H3,(H4,15,16,17,18). The molecule has 0 heterocycles. The molecule has 0 aliphatic heterocycles. The average molecular weight is 311 g/mol. The Bertz CT molecular complexity index is 688. The predicted molar refractivity (Wildman–Crippen MR) is 83.2 cm³/mol. The predicted octanol–water partition coefficient (Wildman–Crippen LogP) is 1.19. The van der Waals surface area contributed by atoms with Crippen molar-refractivity contribution in [3.05, 3.63) is 28.8 Å². The van der Waals surface area contributed by atoms with Crippen LogP contribution in [0, 0.1) is 0 Å². The zero-order chi connectivity index (χ0) is 16.4. The van der Waals surface area contributed by atoms with Gasteiger partial charge in [0.05, 0.1) is 4.90 Å². The molecule has 1 amide bonds. The van der Waals surface area contributed by atoms with E-state index in [0.29, 0.717) is 12.0 Å². The summed E-state index contributed by atoms with van der Waals surface area (Å²) in [5.74, 6) is -0.963. The quantitative estimate of drug-likeness (QED) is 0.640. The molecule has 0 saturated heterocycles. The van der Waals surface area contributed by atoms with Crippen LogP contribution >= 0.6 is 0 Å². The molecule has 0 bridgehead atoms. The summed E-state index contributed by atoms with van der Waals surface area (Å²) < 4.78 is 23.9. The highest BCUT2D eigenvalue weighted by Crippen LogP contribution is 2.28. The summed E-state index contributed by atoms with van der Waals surface area (Å²) in [4.78, 5) is 15.7. The summed E-state index contributed by atoms with van der Waals surface area (Å²) >= 11 is 0. The molecule has 7 heteroatoms. The van der Waals surface area contributed by atoms with Crippen LogP contribution in [0.15, 0.2) is 22.0 Å². The third kappa shape index (κ3) is 4.04. The number of sulfone groups is 1. The number of hydrogen-bond acceptors (Lipinski definition) is 3. The summed E-state index contributed by atoms with van der Waals surface area (Å²) in [5, 5.41) is 0. The van der Waals surface area contributed by atoms with E-state index in [4.69, 9.17) is 11.5 Å². The Morgan fingerprint density at radius 2 is 1.86 bits per heavy atom. The van der Waals surface area contributed by atoms with E-state index >= 15 is 0 Å². The van der Waals surface area contributed by atoms with Crippen molar-refractivity contribution < 1.29 is 13.2 Å². The number of rotatable bonds is 4. The van der Waals surface area contributed by atoms with Gasteiger partial charge in [0.15, 0.2) is 15.8 Å². The van der Waals surface area contributed by atoms with Crippen LogP contribution in [0.3, 0.4) is 0 Å². The fourth-order valence-corrected chi connectivity index (χ4v) is 3.14. The summed E-state index contributed by atoms with van der Waals surface area (Å²) in [6, 6.07) is 3.12. The van der Waals surface area contributed by atoms with Crippen molar-refractivity contribution in [2.75, 3.05) is 6.26 Å². The molecule has 0 spiro atoms. The van der Waals surface area contributed by atoms with Gasteiger partial charge in [0.1, 0.15) is 0 Å². The van der Waals surface area contributed by atoms with Gasteiger partial charge in [-0.15, -0.1) is 0 Å². The minimum atomic E-state index is -3.45. The van der Waals surface area contributed by atoms with Gasteiger partial charge in [-0.3, -0.25) is 4.79 Å². The number of amides is 1. The van der Waals surface area contributed by atoms with Gasteiger partial charge < -0.3 is 11.5 Å². The van der Waals surface area contributed by atoms with Crippen LogP contribution in [0.4, 0.5) is 0 Å². The highest BCUT2D eigenvalue weighted by Gasteiger charge is 2.21. The van der Waals surface area contributed by atoms with E-state index in [0.717, 1.165) is 11.8 Å². The number of guanidine groups is 1. The van der Waals surface area contributed by atoms with Crippen LogP contribution < -0.4 is 11.5 Å². The van der Waals surface area contributed by atoms with Crippen molar-refractivity contribution in [2.45, 2.75) is 38.0 Å². The van der Waals surface area contributed by atoms with Gasteiger partial charge >= 0.3 is 0 Å². The molecule has 1 aromatic rings. The van der Waals surface area contributed by atoms with Crippen molar-refractivity contribution in [3.8, 4) is 0 Å². The molecule has 1 aromatic carbocycles. The third-order valence-corrected chi connectivity index (χ3v) is 4.25. The van der Waals surface area contributed by atoms with E-state index < -0.39 is 15.7 Å². The van der Waals surface area contributed by atoms with Crippen LogP contribution in [0.25, 0.3) is 0 Å². The largest absolute Gasteiger partial charge is 0.370 e. The van der Waals surface area contributed by atoms with E-state index in [1.807, 2.05) is 20.8 Å². The fraction of sp³-hybridized carbons (Fsp3) is 0.429. The van der Waals surface area contributed by atoms with E-state index in [2.05, 4.69) is 4.99 Å².